The van der Waals surface area contributed by atoms with Crippen molar-refractivity contribution in [2.24, 2.45) is 0 Å². The van der Waals surface area contributed by atoms with Gasteiger partial charge >= 0.3 is 0 Å². The Morgan fingerprint density at radius 2 is 2.06 bits per heavy atom. The molecule has 1 aliphatic heterocycles. The Bertz CT molecular complexity index is 439. The summed E-state index contributed by atoms with van der Waals surface area (Å²) >= 11 is 0. The topological polar surface area (TPSA) is 27.0 Å². The van der Waals surface area contributed by atoms with Gasteiger partial charge in [0.2, 0.25) is 0 Å². The van der Waals surface area contributed by atoms with Crippen LogP contribution in [0.2, 0.25) is 0 Å². The number of hydrogen-bond donors (Lipinski definition) is 0. The van der Waals surface area contributed by atoms with Crippen LogP contribution in [0, 0.1) is 18.3 Å². The Morgan fingerprint density at radius 1 is 1.33 bits per heavy atom. The maximum absolute atomic E-state index is 8.70. The highest BCUT2D eigenvalue weighted by molar-refractivity contribution is 5.48. The summed E-state index contributed by atoms with van der Waals surface area (Å²) in [4.78, 5) is 2.46. The van der Waals surface area contributed by atoms with Gasteiger partial charge in [0.05, 0.1) is 52.3 Å². The second kappa shape index (κ2) is 5.41. The first kappa shape index (κ1) is 12.9. The average Bonchev–Trinajstić information content (AvgIpc) is 2.37. The molecule has 0 radical (unpaired) electrons. The molecule has 0 aromatic heterocycles. The highest BCUT2D eigenvalue weighted by Crippen LogP contribution is 2.20. The summed E-state index contributed by atoms with van der Waals surface area (Å²) in [6.45, 7) is 7.57. The third-order valence-electron chi connectivity index (χ3n) is 3.95. The fraction of sp³-hybridized carbons (Fsp3) is 0.533. The van der Waals surface area contributed by atoms with E-state index in [2.05, 4.69) is 49.2 Å². The van der Waals surface area contributed by atoms with Gasteiger partial charge in [0.25, 0.3) is 0 Å². The standard InChI is InChI=1S/C15H22N3/c1-14-5-3-6-15(13-14)17-8-11-18(2,12-9-17)10-4-7-16/h3,5-6,13H,4,8-12H2,1-2H3/q+1. The number of benzene rings is 1. The first-order valence-corrected chi connectivity index (χ1v) is 6.65. The second-order valence-electron chi connectivity index (χ2n) is 5.52. The van der Waals surface area contributed by atoms with E-state index in [-0.39, 0.29) is 0 Å². The minimum atomic E-state index is 0.668. The molecule has 96 valence electrons. The van der Waals surface area contributed by atoms with Gasteiger partial charge < -0.3 is 9.38 Å². The number of hydrogen-bond acceptors (Lipinski definition) is 2. The van der Waals surface area contributed by atoms with Gasteiger partial charge in [0, 0.05) is 5.69 Å². The van der Waals surface area contributed by atoms with E-state index in [0.29, 0.717) is 6.42 Å². The number of quaternary nitrogens is 1. The first-order valence-electron chi connectivity index (χ1n) is 6.65. The second-order valence-corrected chi connectivity index (χ2v) is 5.52. The van der Waals surface area contributed by atoms with E-state index < -0.39 is 0 Å². The number of likely N-dealkylation sites (N-methyl/N-ethyl adjacent to an activating group) is 1. The normalized spacial score (nSPS) is 18.4. The molecule has 1 aromatic carbocycles. The van der Waals surface area contributed by atoms with Crippen molar-refractivity contribution in [3.63, 3.8) is 0 Å². The monoisotopic (exact) mass is 244 g/mol. The molecule has 0 spiro atoms. The van der Waals surface area contributed by atoms with Crippen molar-refractivity contribution >= 4 is 5.69 Å². The average molecular weight is 244 g/mol. The molecule has 0 saturated carbocycles. The van der Waals surface area contributed by atoms with E-state index in [9.17, 15) is 0 Å². The van der Waals surface area contributed by atoms with Gasteiger partial charge in [-0.15, -0.1) is 0 Å². The number of anilines is 1. The van der Waals surface area contributed by atoms with Crippen LogP contribution < -0.4 is 4.90 Å². The summed E-state index contributed by atoms with van der Waals surface area (Å²) in [6.07, 6.45) is 0.668. The Kier molecular flexibility index (Phi) is 3.88. The fourth-order valence-corrected chi connectivity index (χ4v) is 2.57. The van der Waals surface area contributed by atoms with Crippen molar-refractivity contribution in [2.45, 2.75) is 13.3 Å². The molecular weight excluding hydrogens is 222 g/mol. The molecule has 0 unspecified atom stereocenters. The van der Waals surface area contributed by atoms with Crippen LogP contribution >= 0.6 is 0 Å². The van der Waals surface area contributed by atoms with E-state index in [1.165, 1.54) is 11.3 Å². The van der Waals surface area contributed by atoms with Gasteiger partial charge in [-0.1, -0.05) is 12.1 Å². The molecular formula is C15H22N3+. The zero-order valence-corrected chi connectivity index (χ0v) is 11.4. The summed E-state index contributed by atoms with van der Waals surface area (Å²) in [7, 11) is 2.27. The van der Waals surface area contributed by atoms with Gasteiger partial charge in [-0.2, -0.15) is 5.26 Å². The van der Waals surface area contributed by atoms with Crippen LogP contribution in [-0.2, 0) is 0 Å². The molecule has 0 N–H and O–H groups in total. The quantitative estimate of drug-likeness (QED) is 0.762. The molecule has 3 heteroatoms. The molecule has 0 aliphatic carbocycles. The molecule has 2 rings (SSSR count). The van der Waals surface area contributed by atoms with E-state index in [1.54, 1.807) is 0 Å². The van der Waals surface area contributed by atoms with Gasteiger partial charge in [0.15, 0.2) is 0 Å². The Morgan fingerprint density at radius 3 is 2.67 bits per heavy atom. The van der Waals surface area contributed by atoms with E-state index in [0.717, 1.165) is 37.2 Å². The zero-order valence-electron chi connectivity index (χ0n) is 11.4. The molecule has 1 aliphatic rings. The number of piperazine rings is 1. The SMILES string of the molecule is Cc1cccc(N2CC[N+](C)(CCC#N)CC2)c1. The largest absolute Gasteiger partial charge is 0.360 e. The molecule has 3 nitrogen and oxygen atoms in total. The molecule has 1 saturated heterocycles. The van der Waals surface area contributed by atoms with Crippen molar-refractivity contribution < 1.29 is 4.48 Å². The van der Waals surface area contributed by atoms with E-state index in [1.807, 2.05) is 0 Å². The number of nitrogens with zero attached hydrogens (tertiary/aromatic N) is 3. The maximum Gasteiger partial charge on any atom is 0.0963 e. The third kappa shape index (κ3) is 3.02. The van der Waals surface area contributed by atoms with Crippen molar-refractivity contribution in [1.82, 2.24) is 0 Å². The van der Waals surface area contributed by atoms with Crippen LogP contribution in [0.1, 0.15) is 12.0 Å². The van der Waals surface area contributed by atoms with Crippen LogP contribution in [0.25, 0.3) is 0 Å². The minimum Gasteiger partial charge on any atom is -0.360 e. The number of rotatable bonds is 3. The molecule has 0 amide bonds. The smallest absolute Gasteiger partial charge is 0.0963 e. The molecule has 1 aromatic rings. The van der Waals surface area contributed by atoms with Crippen molar-refractivity contribution in [1.29, 1.82) is 5.26 Å². The first-order chi connectivity index (χ1) is 8.63. The summed E-state index contributed by atoms with van der Waals surface area (Å²) in [5.74, 6) is 0. The molecule has 0 bridgehead atoms. The maximum atomic E-state index is 8.70. The lowest BCUT2D eigenvalue weighted by Crippen LogP contribution is -2.57. The predicted molar refractivity (Wildman–Crippen MR) is 74.4 cm³/mol. The van der Waals surface area contributed by atoms with Crippen LogP contribution in [0.5, 0.6) is 0 Å². The Balaban J connectivity index is 1.96. The molecule has 1 heterocycles. The number of aryl methyl sites for hydroxylation is 1. The van der Waals surface area contributed by atoms with E-state index >= 15 is 0 Å². The van der Waals surface area contributed by atoms with Crippen molar-refractivity contribution in [2.75, 3.05) is 44.7 Å². The number of nitriles is 1. The van der Waals surface area contributed by atoms with Crippen LogP contribution in [-0.4, -0.2) is 44.3 Å². The van der Waals surface area contributed by atoms with Crippen LogP contribution in [0.3, 0.4) is 0 Å². The van der Waals surface area contributed by atoms with Gasteiger partial charge in [-0.05, 0) is 24.6 Å². The van der Waals surface area contributed by atoms with Gasteiger partial charge in [-0.3, -0.25) is 0 Å². The van der Waals surface area contributed by atoms with Gasteiger partial charge in [0.1, 0.15) is 0 Å². The Hall–Kier alpha value is -1.53. The highest BCUT2D eigenvalue weighted by Gasteiger charge is 2.28. The van der Waals surface area contributed by atoms with Gasteiger partial charge in [-0.25, -0.2) is 0 Å². The highest BCUT2D eigenvalue weighted by atomic mass is 15.4. The van der Waals surface area contributed by atoms with Crippen LogP contribution in [0.15, 0.2) is 24.3 Å². The summed E-state index contributed by atoms with van der Waals surface area (Å²) in [6, 6.07) is 11.0. The summed E-state index contributed by atoms with van der Waals surface area (Å²) in [5, 5.41) is 8.70. The molecule has 0 atom stereocenters. The lowest BCUT2D eigenvalue weighted by Gasteiger charge is -2.42. The summed E-state index contributed by atoms with van der Waals surface area (Å²) in [5.41, 5.74) is 2.65. The molecule has 1 fully saturated rings. The van der Waals surface area contributed by atoms with Crippen molar-refractivity contribution in [3.8, 4) is 6.07 Å². The Labute approximate surface area is 110 Å². The fourth-order valence-electron chi connectivity index (χ4n) is 2.57. The summed E-state index contributed by atoms with van der Waals surface area (Å²) < 4.78 is 1.04. The predicted octanol–water partition coefficient (Wildman–Crippen LogP) is 2.18. The minimum absolute atomic E-state index is 0.668. The molecule has 18 heavy (non-hydrogen) atoms. The van der Waals surface area contributed by atoms with E-state index in [4.69, 9.17) is 5.26 Å². The lowest BCUT2D eigenvalue weighted by atomic mass is 10.1. The lowest BCUT2D eigenvalue weighted by molar-refractivity contribution is -0.909. The third-order valence-corrected chi connectivity index (χ3v) is 3.95. The van der Waals surface area contributed by atoms with Crippen LogP contribution in [0.4, 0.5) is 5.69 Å². The van der Waals surface area contributed by atoms with Crippen molar-refractivity contribution in [3.05, 3.63) is 29.8 Å². The zero-order chi connectivity index (χ0) is 13.0.